The molecule has 388 valence electrons. The lowest BCUT2D eigenvalue weighted by Crippen LogP contribution is -2.37. The van der Waals surface area contributed by atoms with Crippen LogP contribution in [0.3, 0.4) is 0 Å². The van der Waals surface area contributed by atoms with Crippen molar-refractivity contribution in [3.8, 4) is 36.0 Å². The highest BCUT2D eigenvalue weighted by molar-refractivity contribution is 7.45. The second-order valence-corrected chi connectivity index (χ2v) is 21.5. The maximum absolute atomic E-state index is 13.0. The van der Waals surface area contributed by atoms with Crippen molar-refractivity contribution in [2.24, 2.45) is 0 Å². The molecule has 0 saturated carbocycles. The molecule has 0 aromatic rings. The Morgan fingerprint density at radius 3 is 1.78 bits per heavy atom. The Labute approximate surface area is 417 Å². The second-order valence-electron chi connectivity index (χ2n) is 20.1. The minimum atomic E-state index is -4.63. The average Bonchev–Trinajstić information content (AvgIpc) is 3.29. The number of ether oxygens (including phenoxy) is 2. The van der Waals surface area contributed by atoms with E-state index in [2.05, 4.69) is 43.4 Å². The molecule has 0 radical (unpaired) electrons. The summed E-state index contributed by atoms with van der Waals surface area (Å²) in [6, 6.07) is 0. The average molecular weight is 968 g/mol. The third-order valence-electron chi connectivity index (χ3n) is 12.7. The number of likely N-dealkylation sites (N-methyl/N-ethyl adjacent to an activating group) is 1. The van der Waals surface area contributed by atoms with Gasteiger partial charge in [-0.25, -0.2) is 0 Å². The summed E-state index contributed by atoms with van der Waals surface area (Å²) in [6.07, 6.45) is 41.4. The normalized spacial score (nSPS) is 20.2. The molecule has 2 atom stereocenters. The van der Waals surface area contributed by atoms with Gasteiger partial charge in [0.15, 0.2) is 0 Å². The Balaban J connectivity index is 3.22. The van der Waals surface area contributed by atoms with Crippen LogP contribution in [0.25, 0.3) is 0 Å². The summed E-state index contributed by atoms with van der Waals surface area (Å²) in [5, 5.41) is 0. The number of rotatable bonds is 25. The third-order valence-corrected chi connectivity index (χ3v) is 13.6. The van der Waals surface area contributed by atoms with Gasteiger partial charge in [-0.2, -0.15) is 0 Å². The Morgan fingerprint density at radius 2 is 1.22 bits per heavy atom. The van der Waals surface area contributed by atoms with E-state index in [-0.39, 0.29) is 32.0 Å². The van der Waals surface area contributed by atoms with Crippen molar-refractivity contribution in [2.75, 3.05) is 47.5 Å². The molecular weight excluding hydrogens is 870 g/mol. The van der Waals surface area contributed by atoms with E-state index in [9.17, 15) is 19.0 Å². The van der Waals surface area contributed by atoms with Crippen LogP contribution in [0.5, 0.6) is 0 Å². The number of hydrogen-bond donors (Lipinski definition) is 0. The predicted octanol–water partition coefficient (Wildman–Crippen LogP) is 14.6. The van der Waals surface area contributed by atoms with E-state index in [1.165, 1.54) is 101 Å². The van der Waals surface area contributed by atoms with Gasteiger partial charge < -0.3 is 27.9 Å². The molecule has 0 aromatic carbocycles. The molecule has 1 heterocycles. The fourth-order valence-electron chi connectivity index (χ4n) is 8.34. The van der Waals surface area contributed by atoms with Gasteiger partial charge in [-0.05, 0) is 71.1 Å². The molecule has 1 aliphatic rings. The number of phosphoric ester groups is 1. The van der Waals surface area contributed by atoms with Crippen molar-refractivity contribution in [1.29, 1.82) is 0 Å². The van der Waals surface area contributed by atoms with Crippen molar-refractivity contribution in [3.05, 3.63) is 22.3 Å². The first-order valence-corrected chi connectivity index (χ1v) is 28.9. The van der Waals surface area contributed by atoms with E-state index < -0.39 is 26.5 Å². The molecule has 0 spiro atoms. The number of terminal acetylenes is 1. The number of esters is 2. The van der Waals surface area contributed by atoms with Gasteiger partial charge in [-0.1, -0.05) is 179 Å². The largest absolute Gasteiger partial charge is 0.756 e. The van der Waals surface area contributed by atoms with Crippen molar-refractivity contribution in [3.63, 3.8) is 0 Å². The lowest BCUT2D eigenvalue weighted by atomic mass is 9.94. The number of carbonyl (C=O) groups excluding carboxylic acids is 2. The highest BCUT2D eigenvalue weighted by Gasteiger charge is 2.21. The van der Waals surface area contributed by atoms with Gasteiger partial charge in [-0.15, -0.1) is 12.3 Å². The van der Waals surface area contributed by atoms with E-state index in [1.54, 1.807) is 0 Å². The Hall–Kier alpha value is -2.83. The number of carbonyl (C=O) groups is 2. The van der Waals surface area contributed by atoms with Crippen LogP contribution in [0.1, 0.15) is 245 Å². The summed E-state index contributed by atoms with van der Waals surface area (Å²) in [7, 11) is 1.17. The Bertz CT molecular complexity index is 1630. The zero-order chi connectivity index (χ0) is 50.0. The minimum Gasteiger partial charge on any atom is -0.756 e. The summed E-state index contributed by atoms with van der Waals surface area (Å²) in [4.78, 5) is 38.1. The van der Waals surface area contributed by atoms with Crippen molar-refractivity contribution < 1.29 is 42.1 Å². The van der Waals surface area contributed by atoms with E-state index in [1.807, 2.05) is 28.1 Å². The first-order chi connectivity index (χ1) is 32.8. The number of hydrogen-bond acceptors (Lipinski definition) is 8. The molecule has 9 nitrogen and oxygen atoms in total. The quantitative estimate of drug-likeness (QED) is 0.0292. The molecule has 0 fully saturated rings. The summed E-state index contributed by atoms with van der Waals surface area (Å²) < 4.78 is 34.4. The molecule has 1 aliphatic heterocycles. The monoisotopic (exact) mass is 968 g/mol. The highest BCUT2D eigenvalue weighted by Crippen LogP contribution is 2.38. The summed E-state index contributed by atoms with van der Waals surface area (Å²) >= 11 is 0. The topological polar surface area (TPSA) is 111 Å². The standard InChI is InChI=1S/C58H98NO8P/c1-8-12-14-16-18-20-26-32-39-52(11-4)54-41-34-29-23-25-31-37-44-58(61)67-56(51-66-68(62,63)65-50-48-59(5,6)7)47-49-64-57(60)43-36-30-24-22-28-33-40-53(38-10-3)55(46-45-54)42-35-27-21-19-17-15-13-9-2/h4,56H,8-9,12-37,39-44,47-51H2,1-3,5-7H3/b54-52-,55-53-. The van der Waals surface area contributed by atoms with Crippen LogP contribution in [-0.4, -0.2) is 70.0 Å². The van der Waals surface area contributed by atoms with Crippen molar-refractivity contribution >= 4 is 19.8 Å². The fourth-order valence-corrected chi connectivity index (χ4v) is 9.07. The molecule has 0 bridgehead atoms. The number of unbranched alkanes of at least 4 members (excludes halogenated alkanes) is 14. The van der Waals surface area contributed by atoms with E-state index in [4.69, 9.17) is 24.9 Å². The maximum atomic E-state index is 13.0. The second kappa shape index (κ2) is 41.9. The lowest BCUT2D eigenvalue weighted by molar-refractivity contribution is -0.870. The summed E-state index contributed by atoms with van der Waals surface area (Å²) in [5.74, 6) is 16.5. The number of nitrogens with zero attached hydrogens (tertiary/aromatic N) is 1. The molecular formula is C58H98NO8P. The van der Waals surface area contributed by atoms with Crippen molar-refractivity contribution in [1.82, 2.24) is 0 Å². The molecule has 0 saturated heterocycles. The molecule has 0 aromatic heterocycles. The van der Waals surface area contributed by atoms with Gasteiger partial charge in [0, 0.05) is 41.6 Å². The molecule has 2 unspecified atom stereocenters. The van der Waals surface area contributed by atoms with Crippen molar-refractivity contribution in [2.45, 2.75) is 252 Å². The number of quaternary nitrogens is 1. The van der Waals surface area contributed by atoms with Gasteiger partial charge >= 0.3 is 11.9 Å². The molecule has 0 N–H and O–H groups in total. The number of phosphoric acid groups is 1. The van der Waals surface area contributed by atoms with Crippen LogP contribution >= 0.6 is 7.82 Å². The van der Waals surface area contributed by atoms with E-state index >= 15 is 0 Å². The van der Waals surface area contributed by atoms with Gasteiger partial charge in [0.05, 0.1) is 34.4 Å². The van der Waals surface area contributed by atoms with Crippen LogP contribution in [0.2, 0.25) is 0 Å². The number of allylic oxidation sites excluding steroid dienone is 4. The fraction of sp³-hybridized carbons (Fsp3) is 0.793. The molecule has 10 heteroatoms. The van der Waals surface area contributed by atoms with Crippen LogP contribution < -0.4 is 4.89 Å². The predicted molar refractivity (Wildman–Crippen MR) is 280 cm³/mol. The Morgan fingerprint density at radius 1 is 0.706 bits per heavy atom. The highest BCUT2D eigenvalue weighted by atomic mass is 31.2. The van der Waals surface area contributed by atoms with E-state index in [0.717, 1.165) is 120 Å². The molecule has 0 amide bonds. The molecule has 1 rings (SSSR count). The van der Waals surface area contributed by atoms with Crippen LogP contribution in [-0.2, 0) is 32.7 Å². The van der Waals surface area contributed by atoms with Gasteiger partial charge in [0.1, 0.15) is 19.3 Å². The first-order valence-electron chi connectivity index (χ1n) is 27.4. The smallest absolute Gasteiger partial charge is 0.306 e. The summed E-state index contributed by atoms with van der Waals surface area (Å²) in [6.45, 7) is 6.49. The summed E-state index contributed by atoms with van der Waals surface area (Å²) in [5.41, 5.74) is 4.57. The lowest BCUT2D eigenvalue weighted by Gasteiger charge is -2.28. The zero-order valence-corrected chi connectivity index (χ0v) is 45.3. The first kappa shape index (κ1) is 63.2. The SMILES string of the molecule is C#C/C(CCCCCCCCCC)=C1/C#C/C(CCCCCCCCCC)=C(/C#CC)CCCCCCCCC(=O)OCCC(COP(=O)([O-])OCC[N+](C)(C)C)OC(=O)CCCCCCCC1. The van der Waals surface area contributed by atoms with Crippen LogP contribution in [0.15, 0.2) is 22.3 Å². The third kappa shape index (κ3) is 37.1. The number of cyclic esters (lactones) is 2. The molecule has 68 heavy (non-hydrogen) atoms. The zero-order valence-electron chi connectivity index (χ0n) is 44.4. The van der Waals surface area contributed by atoms with Crippen LogP contribution in [0, 0.1) is 36.0 Å². The van der Waals surface area contributed by atoms with Gasteiger partial charge in [0.2, 0.25) is 0 Å². The molecule has 0 aliphatic carbocycles. The van der Waals surface area contributed by atoms with Gasteiger partial charge in [0.25, 0.3) is 7.82 Å². The van der Waals surface area contributed by atoms with Crippen LogP contribution in [0.4, 0.5) is 0 Å². The maximum Gasteiger partial charge on any atom is 0.306 e. The Kier molecular flexibility index (Phi) is 38.9. The minimum absolute atomic E-state index is 0.00743. The van der Waals surface area contributed by atoms with E-state index in [0.29, 0.717) is 23.9 Å². The van der Waals surface area contributed by atoms with Gasteiger partial charge in [-0.3, -0.25) is 14.2 Å².